The second-order valence-electron chi connectivity index (χ2n) is 15.5. The van der Waals surface area contributed by atoms with E-state index in [1.54, 1.807) is 0 Å². The van der Waals surface area contributed by atoms with Gasteiger partial charge in [-0.05, 0) is 51.4 Å². The maximum absolute atomic E-state index is 12.2. The summed E-state index contributed by atoms with van der Waals surface area (Å²) in [4.78, 5) is 23.9. The molecule has 0 aliphatic carbocycles. The molecule has 0 aliphatic rings. The molecule has 304 valence electrons. The average molecular weight is 729 g/mol. The third-order valence-corrected chi connectivity index (χ3v) is 10.4. The molecule has 0 bridgehead atoms. The molecule has 0 saturated carbocycles. The van der Waals surface area contributed by atoms with Crippen LogP contribution in [0.4, 0.5) is 0 Å². The number of carboxylic acid groups (broad SMARTS) is 1. The van der Waals surface area contributed by atoms with Crippen molar-refractivity contribution in [3.63, 3.8) is 0 Å². The highest BCUT2D eigenvalue weighted by Gasteiger charge is 2.21. The summed E-state index contributed by atoms with van der Waals surface area (Å²) < 4.78 is 5.33. The quantitative estimate of drug-likeness (QED) is 0.0386. The number of carbonyl (C=O) groups is 2. The normalized spacial score (nSPS) is 12.5. The summed E-state index contributed by atoms with van der Waals surface area (Å²) in [5, 5.41) is 9.53. The fourth-order valence-corrected chi connectivity index (χ4v) is 6.98. The van der Waals surface area contributed by atoms with E-state index in [1.807, 2.05) is 0 Å². The zero-order valence-corrected chi connectivity index (χ0v) is 34.9. The van der Waals surface area contributed by atoms with E-state index in [9.17, 15) is 14.7 Å². The molecule has 1 unspecified atom stereocenters. The van der Waals surface area contributed by atoms with Crippen molar-refractivity contribution in [2.45, 2.75) is 258 Å². The molecule has 52 heavy (non-hydrogen) atoms. The van der Waals surface area contributed by atoms with Gasteiger partial charge in [-0.1, -0.05) is 230 Å². The molecule has 0 fully saturated rings. The Kier molecular flexibility index (Phi) is 42.0. The molecule has 1 atom stereocenters. The number of esters is 1. The Morgan fingerprint density at radius 2 is 0.788 bits per heavy atom. The predicted octanol–water partition coefficient (Wildman–Crippen LogP) is 16.1. The highest BCUT2D eigenvalue weighted by atomic mass is 16.6. The molecule has 0 spiro atoms. The summed E-state index contributed by atoms with van der Waals surface area (Å²) >= 11 is 0. The number of rotatable bonds is 42. The van der Waals surface area contributed by atoms with E-state index in [4.69, 9.17) is 4.74 Å². The molecule has 4 heteroatoms. The number of hydrogen-bond acceptors (Lipinski definition) is 3. The van der Waals surface area contributed by atoms with Crippen molar-refractivity contribution in [2.75, 3.05) is 0 Å². The maximum atomic E-state index is 12.2. The van der Waals surface area contributed by atoms with Crippen molar-refractivity contribution in [3.05, 3.63) is 36.5 Å². The van der Waals surface area contributed by atoms with Crippen molar-refractivity contribution in [2.24, 2.45) is 0 Å². The minimum absolute atomic E-state index is 0.322. The molecular formula is C48H88O4. The van der Waals surface area contributed by atoms with Gasteiger partial charge in [0.25, 0.3) is 0 Å². The molecule has 0 rings (SSSR count). The summed E-state index contributed by atoms with van der Waals surface area (Å²) in [7, 11) is 0. The van der Waals surface area contributed by atoms with Gasteiger partial charge in [0.15, 0.2) is 6.10 Å². The van der Waals surface area contributed by atoms with Gasteiger partial charge < -0.3 is 9.84 Å². The van der Waals surface area contributed by atoms with Crippen molar-refractivity contribution in [1.29, 1.82) is 0 Å². The zero-order valence-electron chi connectivity index (χ0n) is 34.9. The van der Waals surface area contributed by atoms with Crippen LogP contribution < -0.4 is 0 Å². The number of aliphatic carboxylic acids is 1. The predicted molar refractivity (Wildman–Crippen MR) is 227 cm³/mol. The lowest BCUT2D eigenvalue weighted by molar-refractivity contribution is -0.164. The summed E-state index contributed by atoms with van der Waals surface area (Å²) in [5.74, 6) is -1.37. The highest BCUT2D eigenvalue weighted by molar-refractivity contribution is 5.77. The van der Waals surface area contributed by atoms with Gasteiger partial charge in [0.05, 0.1) is 0 Å². The number of carboxylic acids is 1. The summed E-state index contributed by atoms with van der Waals surface area (Å²) in [5.41, 5.74) is 0. The molecule has 0 heterocycles. The first-order valence-corrected chi connectivity index (χ1v) is 23.0. The Balaban J connectivity index is 3.47. The van der Waals surface area contributed by atoms with Gasteiger partial charge >= 0.3 is 11.9 Å². The van der Waals surface area contributed by atoms with Gasteiger partial charge in [-0.25, -0.2) is 4.79 Å². The van der Waals surface area contributed by atoms with E-state index in [1.165, 1.54) is 154 Å². The first-order chi connectivity index (χ1) is 25.6. The van der Waals surface area contributed by atoms with Gasteiger partial charge in [-0.15, -0.1) is 0 Å². The molecule has 4 nitrogen and oxygen atoms in total. The second kappa shape index (κ2) is 43.6. The Morgan fingerprint density at radius 3 is 1.19 bits per heavy atom. The third-order valence-electron chi connectivity index (χ3n) is 10.4. The standard InChI is InChI=1S/C48H88O4/c1-3-5-7-9-11-13-15-17-19-20-21-22-23-24-25-26-27-28-29-31-32-34-36-38-40-42-44-46(48(50)51)52-47(49)45-43-41-39-37-35-33-30-18-16-14-12-10-8-6-4-2/h6,8,12,14,18,30,46H,3-5,7,9-11,13,15-17,19-29,31-45H2,1-2H3,(H,50,51)/b8-6-,14-12-,30-18-. The molecule has 0 aromatic carbocycles. The highest BCUT2D eigenvalue weighted by Crippen LogP contribution is 2.17. The maximum Gasteiger partial charge on any atom is 0.345 e. The van der Waals surface area contributed by atoms with E-state index >= 15 is 0 Å². The minimum Gasteiger partial charge on any atom is -0.479 e. The lowest BCUT2D eigenvalue weighted by Crippen LogP contribution is -2.27. The number of ether oxygens (including phenoxy) is 1. The Labute approximate surface area is 324 Å². The number of unbranched alkanes of at least 4 members (excludes halogenated alkanes) is 30. The van der Waals surface area contributed by atoms with E-state index < -0.39 is 12.1 Å². The minimum atomic E-state index is -1.01. The molecule has 0 aromatic rings. The van der Waals surface area contributed by atoms with E-state index in [0.29, 0.717) is 12.8 Å². The summed E-state index contributed by atoms with van der Waals surface area (Å²) in [6.07, 6.45) is 57.9. The Bertz CT molecular complexity index is 828. The lowest BCUT2D eigenvalue weighted by atomic mass is 10.0. The monoisotopic (exact) mass is 729 g/mol. The average Bonchev–Trinajstić information content (AvgIpc) is 3.14. The van der Waals surface area contributed by atoms with Crippen LogP contribution in [0, 0.1) is 0 Å². The van der Waals surface area contributed by atoms with Crippen LogP contribution in [0.15, 0.2) is 36.5 Å². The Hall–Kier alpha value is -1.84. The largest absolute Gasteiger partial charge is 0.479 e. The molecule has 0 radical (unpaired) electrons. The van der Waals surface area contributed by atoms with E-state index in [-0.39, 0.29) is 5.97 Å². The van der Waals surface area contributed by atoms with Gasteiger partial charge in [-0.3, -0.25) is 4.79 Å². The molecule has 1 N–H and O–H groups in total. The summed E-state index contributed by atoms with van der Waals surface area (Å²) in [6, 6.07) is 0. The number of carbonyl (C=O) groups excluding carboxylic acids is 1. The molecule has 0 amide bonds. The van der Waals surface area contributed by atoms with Crippen LogP contribution in [0.2, 0.25) is 0 Å². The fraction of sp³-hybridized carbons (Fsp3) is 0.833. The summed E-state index contributed by atoms with van der Waals surface area (Å²) in [6.45, 7) is 4.45. The van der Waals surface area contributed by atoms with Crippen molar-refractivity contribution in [1.82, 2.24) is 0 Å². The Morgan fingerprint density at radius 1 is 0.442 bits per heavy atom. The topological polar surface area (TPSA) is 63.6 Å². The van der Waals surface area contributed by atoms with Gasteiger partial charge in [0.2, 0.25) is 0 Å². The van der Waals surface area contributed by atoms with Gasteiger partial charge in [0, 0.05) is 6.42 Å². The van der Waals surface area contributed by atoms with Crippen molar-refractivity contribution < 1.29 is 19.4 Å². The first-order valence-electron chi connectivity index (χ1n) is 23.0. The lowest BCUT2D eigenvalue weighted by Gasteiger charge is -2.13. The van der Waals surface area contributed by atoms with Crippen LogP contribution in [0.1, 0.15) is 251 Å². The van der Waals surface area contributed by atoms with Crippen molar-refractivity contribution in [3.8, 4) is 0 Å². The van der Waals surface area contributed by atoms with Crippen LogP contribution in [0.3, 0.4) is 0 Å². The smallest absolute Gasteiger partial charge is 0.345 e. The van der Waals surface area contributed by atoms with Crippen LogP contribution in [0.5, 0.6) is 0 Å². The van der Waals surface area contributed by atoms with Gasteiger partial charge in [-0.2, -0.15) is 0 Å². The molecule has 0 aliphatic heterocycles. The third kappa shape index (κ3) is 40.9. The fourth-order valence-electron chi connectivity index (χ4n) is 6.98. The van der Waals surface area contributed by atoms with Crippen LogP contribution in [-0.4, -0.2) is 23.1 Å². The molecule has 0 aromatic heterocycles. The van der Waals surface area contributed by atoms with Crippen LogP contribution >= 0.6 is 0 Å². The van der Waals surface area contributed by atoms with Crippen molar-refractivity contribution >= 4 is 11.9 Å². The SMILES string of the molecule is CC/C=C\C/C=C\C/C=C\CCCCCCCC(=O)OC(CCCCCCCCCCCCCCCCCCCCCCCCCCCC)C(=O)O. The van der Waals surface area contributed by atoms with E-state index in [2.05, 4.69) is 50.3 Å². The molecule has 0 saturated heterocycles. The second-order valence-corrected chi connectivity index (χ2v) is 15.5. The van der Waals surface area contributed by atoms with Crippen LogP contribution in [-0.2, 0) is 14.3 Å². The number of allylic oxidation sites excluding steroid dienone is 6. The molecular weight excluding hydrogens is 641 g/mol. The van der Waals surface area contributed by atoms with Gasteiger partial charge in [0.1, 0.15) is 0 Å². The first kappa shape index (κ1) is 50.2. The number of hydrogen-bond donors (Lipinski definition) is 1. The van der Waals surface area contributed by atoms with E-state index in [0.717, 1.165) is 70.6 Å². The zero-order chi connectivity index (χ0) is 37.8. The van der Waals surface area contributed by atoms with Crippen LogP contribution in [0.25, 0.3) is 0 Å².